The van der Waals surface area contributed by atoms with Gasteiger partial charge in [-0.15, -0.1) is 0 Å². The van der Waals surface area contributed by atoms with Crippen molar-refractivity contribution in [2.24, 2.45) is 0 Å². The molecule has 0 radical (unpaired) electrons. The molecular weight excluding hydrogens is 511 g/mol. The Morgan fingerprint density at radius 2 is 1.85 bits per heavy atom. The van der Waals surface area contributed by atoms with E-state index in [1.807, 2.05) is 45.9 Å². The number of benzene rings is 1. The van der Waals surface area contributed by atoms with Crippen molar-refractivity contribution in [1.82, 2.24) is 29.2 Å². The number of halogens is 1. The van der Waals surface area contributed by atoms with Crippen molar-refractivity contribution in [3.05, 3.63) is 87.3 Å². The number of amides is 1. The molecule has 40 heavy (non-hydrogen) atoms. The summed E-state index contributed by atoms with van der Waals surface area (Å²) in [6, 6.07) is 10.5. The van der Waals surface area contributed by atoms with E-state index in [0.717, 1.165) is 11.1 Å². The molecule has 4 aromatic rings. The van der Waals surface area contributed by atoms with Crippen molar-refractivity contribution in [2.45, 2.75) is 58.9 Å². The Morgan fingerprint density at radius 3 is 2.48 bits per heavy atom. The number of hydrogen-bond donors (Lipinski definition) is 1. The van der Waals surface area contributed by atoms with E-state index in [9.17, 15) is 19.1 Å². The lowest BCUT2D eigenvalue weighted by Crippen LogP contribution is -2.34. The molecule has 10 heteroatoms. The molecule has 1 aliphatic heterocycles. The fourth-order valence-electron chi connectivity index (χ4n) is 5.35. The van der Waals surface area contributed by atoms with Gasteiger partial charge in [-0.05, 0) is 62.4 Å². The predicted molar refractivity (Wildman–Crippen MR) is 149 cm³/mol. The third-order valence-corrected chi connectivity index (χ3v) is 7.49. The van der Waals surface area contributed by atoms with Crippen LogP contribution in [0.4, 0.5) is 4.39 Å². The zero-order valence-electron chi connectivity index (χ0n) is 23.1. The Morgan fingerprint density at radius 1 is 1.12 bits per heavy atom. The molecule has 0 spiro atoms. The average Bonchev–Trinajstić information content (AvgIpc) is 3.63. The summed E-state index contributed by atoms with van der Waals surface area (Å²) in [4.78, 5) is 37.2. The number of para-hydroxylation sites is 1. The van der Waals surface area contributed by atoms with Crippen molar-refractivity contribution in [3.8, 4) is 23.1 Å². The van der Waals surface area contributed by atoms with Gasteiger partial charge in [0.1, 0.15) is 11.5 Å². The molecule has 9 nitrogen and oxygen atoms in total. The van der Waals surface area contributed by atoms with Gasteiger partial charge in [-0.25, -0.2) is 4.39 Å². The minimum Gasteiger partial charge on any atom is -0.493 e. The summed E-state index contributed by atoms with van der Waals surface area (Å²) in [6.07, 6.45) is 5.11. The number of hydrogen-bond acceptors (Lipinski definition) is 6. The maximum atomic E-state index is 14.4. The van der Waals surface area contributed by atoms with Crippen LogP contribution in [-0.2, 0) is 12.8 Å². The normalized spacial score (nSPS) is 15.2. The molecule has 208 valence electrons. The number of pyridine rings is 1. The highest BCUT2D eigenvalue weighted by atomic mass is 19.1. The number of likely N-dealkylation sites (tertiary alicyclic amines) is 1. The maximum Gasteiger partial charge on any atom is 0.290 e. The molecule has 1 aliphatic rings. The monoisotopic (exact) mass is 544 g/mol. The van der Waals surface area contributed by atoms with Gasteiger partial charge in [0, 0.05) is 37.4 Å². The molecule has 1 fully saturated rings. The quantitative estimate of drug-likeness (QED) is 0.362. The Balaban J connectivity index is 1.66. The molecule has 1 aromatic carbocycles. The van der Waals surface area contributed by atoms with Gasteiger partial charge >= 0.3 is 0 Å². The second kappa shape index (κ2) is 11.0. The minimum atomic E-state index is -0.840. The van der Waals surface area contributed by atoms with Crippen LogP contribution in [0.1, 0.15) is 73.3 Å². The molecule has 0 saturated carbocycles. The van der Waals surface area contributed by atoms with Crippen LogP contribution in [0.25, 0.3) is 17.2 Å². The van der Waals surface area contributed by atoms with E-state index < -0.39 is 28.7 Å². The third-order valence-electron chi connectivity index (χ3n) is 7.49. The van der Waals surface area contributed by atoms with Crippen LogP contribution in [0.15, 0.2) is 53.6 Å². The Hall–Kier alpha value is -4.34. The molecule has 0 bridgehead atoms. The van der Waals surface area contributed by atoms with E-state index in [-0.39, 0.29) is 30.0 Å². The van der Waals surface area contributed by atoms with Gasteiger partial charge in [0.15, 0.2) is 11.4 Å². The van der Waals surface area contributed by atoms with E-state index in [1.54, 1.807) is 16.9 Å². The maximum absolute atomic E-state index is 14.4. The lowest BCUT2D eigenvalue weighted by Gasteiger charge is -2.23. The predicted octanol–water partition coefficient (Wildman–Crippen LogP) is 4.67. The molecule has 1 unspecified atom stereocenters. The molecule has 1 N–H and O–H groups in total. The second-order valence-electron chi connectivity index (χ2n) is 10.3. The number of rotatable bonds is 7. The second-order valence-corrected chi connectivity index (χ2v) is 10.3. The zero-order valence-corrected chi connectivity index (χ0v) is 23.1. The van der Waals surface area contributed by atoms with E-state index in [4.69, 9.17) is 0 Å². The SMILES string of the molecule is CCc1cccc(CC)c1-n1c(-c2ccn(C(C)C)n2)nc(=O)c(C(=O)N2CCC(c3ncccc3F)C2)c1O. The highest BCUT2D eigenvalue weighted by Crippen LogP contribution is 2.34. The third kappa shape index (κ3) is 4.78. The Bertz CT molecular complexity index is 1600. The minimum absolute atomic E-state index is 0.0737. The number of aromatic hydroxyl groups is 1. The van der Waals surface area contributed by atoms with Gasteiger partial charge in [-0.3, -0.25) is 23.8 Å². The highest BCUT2D eigenvalue weighted by molar-refractivity contribution is 5.96. The first-order valence-electron chi connectivity index (χ1n) is 13.7. The lowest BCUT2D eigenvalue weighted by molar-refractivity contribution is 0.0784. The molecule has 1 saturated heterocycles. The van der Waals surface area contributed by atoms with Crippen LogP contribution >= 0.6 is 0 Å². The van der Waals surface area contributed by atoms with E-state index in [0.29, 0.717) is 37.2 Å². The standard InChI is InChI=1S/C30H33FN6O3/c1-5-19-9-7-10-20(6-2)26(19)37-27(23-13-16-36(34-23)18(3)4)33-28(38)24(30(37)40)29(39)35-15-12-21(17-35)25-22(31)11-8-14-32-25/h7-11,13-14,16,18,21,40H,5-6,12,15,17H2,1-4H3. The summed E-state index contributed by atoms with van der Waals surface area (Å²) in [5.74, 6) is -1.71. The molecule has 1 atom stereocenters. The molecule has 3 aromatic heterocycles. The summed E-state index contributed by atoms with van der Waals surface area (Å²) in [5, 5.41) is 16.4. The van der Waals surface area contributed by atoms with Gasteiger partial charge in [0.25, 0.3) is 11.5 Å². The summed E-state index contributed by atoms with van der Waals surface area (Å²) in [6.45, 7) is 8.45. The summed E-state index contributed by atoms with van der Waals surface area (Å²) < 4.78 is 17.6. The van der Waals surface area contributed by atoms with Gasteiger partial charge in [-0.2, -0.15) is 10.1 Å². The number of nitrogens with zero attached hydrogens (tertiary/aromatic N) is 6. The van der Waals surface area contributed by atoms with E-state index in [2.05, 4.69) is 15.1 Å². The fraction of sp³-hybridized carbons (Fsp3) is 0.367. The zero-order chi connectivity index (χ0) is 28.6. The Kier molecular flexibility index (Phi) is 7.51. The van der Waals surface area contributed by atoms with Crippen molar-refractivity contribution in [3.63, 3.8) is 0 Å². The topological polar surface area (TPSA) is 106 Å². The highest BCUT2D eigenvalue weighted by Gasteiger charge is 2.35. The van der Waals surface area contributed by atoms with Crippen molar-refractivity contribution in [2.75, 3.05) is 13.1 Å². The Labute approximate surface area is 231 Å². The molecule has 0 aliphatic carbocycles. The van der Waals surface area contributed by atoms with Gasteiger partial charge < -0.3 is 10.0 Å². The largest absolute Gasteiger partial charge is 0.493 e. The number of aryl methyl sites for hydroxylation is 2. The van der Waals surface area contributed by atoms with Crippen LogP contribution in [0.3, 0.4) is 0 Å². The van der Waals surface area contributed by atoms with Crippen molar-refractivity contribution < 1.29 is 14.3 Å². The first kappa shape index (κ1) is 27.2. The van der Waals surface area contributed by atoms with E-state index in [1.165, 1.54) is 27.8 Å². The molecule has 1 amide bonds. The first-order chi connectivity index (χ1) is 19.2. The first-order valence-corrected chi connectivity index (χ1v) is 13.7. The van der Waals surface area contributed by atoms with Crippen molar-refractivity contribution >= 4 is 5.91 Å². The van der Waals surface area contributed by atoms with Crippen molar-refractivity contribution in [1.29, 1.82) is 0 Å². The van der Waals surface area contributed by atoms with Crippen LogP contribution in [0.2, 0.25) is 0 Å². The van der Waals surface area contributed by atoms with Crippen LogP contribution in [0.5, 0.6) is 5.88 Å². The van der Waals surface area contributed by atoms with Crippen LogP contribution in [-0.4, -0.2) is 53.3 Å². The molecular formula is C30H33FN6O3. The van der Waals surface area contributed by atoms with E-state index >= 15 is 0 Å². The smallest absolute Gasteiger partial charge is 0.290 e. The van der Waals surface area contributed by atoms with Crippen LogP contribution in [0, 0.1) is 5.82 Å². The lowest BCUT2D eigenvalue weighted by atomic mass is 10.0. The average molecular weight is 545 g/mol. The summed E-state index contributed by atoms with van der Waals surface area (Å²) in [7, 11) is 0. The fourth-order valence-corrected chi connectivity index (χ4v) is 5.35. The molecule has 5 rings (SSSR count). The van der Waals surface area contributed by atoms with Gasteiger partial charge in [0.2, 0.25) is 5.88 Å². The summed E-state index contributed by atoms with van der Waals surface area (Å²) >= 11 is 0. The van der Waals surface area contributed by atoms with Gasteiger partial charge in [-0.1, -0.05) is 32.0 Å². The number of carbonyl (C=O) groups is 1. The van der Waals surface area contributed by atoms with Crippen LogP contribution < -0.4 is 5.56 Å². The summed E-state index contributed by atoms with van der Waals surface area (Å²) in [5.41, 5.74) is 1.97. The number of carbonyl (C=O) groups excluding carboxylic acids is 1. The van der Waals surface area contributed by atoms with Gasteiger partial charge in [0.05, 0.1) is 11.4 Å². The molecule has 4 heterocycles. The number of aromatic nitrogens is 5.